The van der Waals surface area contributed by atoms with Crippen molar-refractivity contribution < 1.29 is 19.5 Å². The van der Waals surface area contributed by atoms with E-state index in [2.05, 4.69) is 39.6 Å². The third kappa shape index (κ3) is 7.77. The van der Waals surface area contributed by atoms with Crippen molar-refractivity contribution in [3.05, 3.63) is 101 Å². The lowest BCUT2D eigenvalue weighted by Gasteiger charge is -2.20. The minimum absolute atomic E-state index is 0.0415. The van der Waals surface area contributed by atoms with Gasteiger partial charge in [-0.1, -0.05) is 90.0 Å². The zero-order valence-electron chi connectivity index (χ0n) is 19.7. The Morgan fingerprint density at radius 3 is 1.97 bits per heavy atom. The molecule has 0 unspecified atom stereocenters. The number of rotatable bonds is 13. The number of azide groups is 1. The maximum absolute atomic E-state index is 13.0. The van der Waals surface area contributed by atoms with Gasteiger partial charge in [0.15, 0.2) is 5.78 Å². The fraction of sp³-hybridized carbons (Fsp3) is 0.222. The molecule has 0 radical (unpaired) electrons. The second-order valence-electron chi connectivity index (χ2n) is 8.06. The molecule has 0 aliphatic rings. The fourth-order valence-electron chi connectivity index (χ4n) is 3.78. The predicted molar refractivity (Wildman–Crippen MR) is 141 cm³/mol. The van der Waals surface area contributed by atoms with E-state index in [4.69, 9.17) is 10.6 Å². The first-order chi connectivity index (χ1) is 17.5. The van der Waals surface area contributed by atoms with Gasteiger partial charge in [0.2, 0.25) is 5.91 Å². The van der Waals surface area contributed by atoms with Gasteiger partial charge in [-0.15, -0.1) is 0 Å². The van der Waals surface area contributed by atoms with Gasteiger partial charge in [-0.05, 0) is 35.8 Å². The summed E-state index contributed by atoms with van der Waals surface area (Å²) in [6, 6.07) is 27.9. The first-order valence-corrected chi connectivity index (χ1v) is 12.9. The number of carbonyl (C=O) groups is 3. The van der Waals surface area contributed by atoms with Crippen molar-refractivity contribution in [3.8, 4) is 0 Å². The van der Waals surface area contributed by atoms with E-state index >= 15 is 0 Å². The molecule has 0 fully saturated rings. The Labute approximate surface area is 210 Å². The van der Waals surface area contributed by atoms with Crippen molar-refractivity contribution in [1.29, 1.82) is 0 Å². The summed E-state index contributed by atoms with van der Waals surface area (Å²) in [6.07, 6.45) is -0.287. The van der Waals surface area contributed by atoms with Gasteiger partial charge in [-0.25, -0.2) is 0 Å². The van der Waals surface area contributed by atoms with Crippen LogP contribution in [0.15, 0.2) is 90.0 Å². The number of nitrogens with zero attached hydrogens (tertiary/aromatic N) is 3. The van der Waals surface area contributed by atoms with Crippen LogP contribution in [0.3, 0.4) is 0 Å². The quantitative estimate of drug-likeness (QED) is 0.0915. The van der Waals surface area contributed by atoms with Crippen LogP contribution < -0.4 is 21.2 Å². The molecule has 0 saturated carbocycles. The zero-order chi connectivity index (χ0) is 25.8. The highest BCUT2D eigenvalue weighted by molar-refractivity contribution is 7.79. The van der Waals surface area contributed by atoms with E-state index in [9.17, 15) is 14.4 Å². The van der Waals surface area contributed by atoms with Gasteiger partial charge in [-0.3, -0.25) is 14.4 Å². The smallest absolute Gasteiger partial charge is 0.303 e. The number of carbonyl (C=O) groups excluding carboxylic acids is 2. The molecule has 0 saturated heterocycles. The average Bonchev–Trinajstić information content (AvgIpc) is 2.90. The molecule has 0 spiro atoms. The number of aliphatic carboxylic acids is 1. The molecule has 0 aliphatic heterocycles. The largest absolute Gasteiger partial charge is 0.481 e. The Morgan fingerprint density at radius 1 is 0.889 bits per heavy atom. The van der Waals surface area contributed by atoms with Crippen molar-refractivity contribution >= 4 is 41.5 Å². The van der Waals surface area contributed by atoms with Gasteiger partial charge in [0.1, 0.15) is 0 Å². The number of nitrogens with one attached hydrogen (secondary N) is 1. The number of ketones is 1. The minimum atomic E-state index is -1.03. The van der Waals surface area contributed by atoms with Crippen LogP contribution in [0.2, 0.25) is 0 Å². The van der Waals surface area contributed by atoms with E-state index in [0.717, 1.165) is 5.30 Å². The summed E-state index contributed by atoms with van der Waals surface area (Å²) < 4.78 is 0. The lowest BCUT2D eigenvalue weighted by Crippen LogP contribution is -2.34. The molecule has 0 aromatic heterocycles. The van der Waals surface area contributed by atoms with Crippen LogP contribution in [0.5, 0.6) is 0 Å². The molecule has 3 aromatic carbocycles. The van der Waals surface area contributed by atoms with Gasteiger partial charge in [-0.2, -0.15) is 0 Å². The normalized spacial score (nSPS) is 11.4. The molecule has 1 amide bonds. The van der Waals surface area contributed by atoms with E-state index in [0.29, 0.717) is 5.56 Å². The fourth-order valence-corrected chi connectivity index (χ4v) is 6.06. The van der Waals surface area contributed by atoms with Crippen LogP contribution >= 0.6 is 7.92 Å². The third-order valence-corrected chi connectivity index (χ3v) is 8.00. The highest BCUT2D eigenvalue weighted by atomic mass is 31.1. The number of hydrogen-bond donors (Lipinski definition) is 2. The first-order valence-electron chi connectivity index (χ1n) is 11.5. The van der Waals surface area contributed by atoms with Crippen LogP contribution in [0.4, 0.5) is 0 Å². The first kappa shape index (κ1) is 26.6. The van der Waals surface area contributed by atoms with Gasteiger partial charge >= 0.3 is 5.97 Å². The Hall–Kier alpha value is -3.99. The Balaban J connectivity index is 1.77. The van der Waals surface area contributed by atoms with Crippen molar-refractivity contribution in [3.63, 3.8) is 0 Å². The number of amides is 1. The van der Waals surface area contributed by atoms with Crippen LogP contribution in [-0.2, 0) is 9.59 Å². The monoisotopic (exact) mass is 502 g/mol. The summed E-state index contributed by atoms with van der Waals surface area (Å²) in [5, 5.41) is 18.5. The zero-order valence-corrected chi connectivity index (χ0v) is 20.6. The molecular formula is C27H27N4O4P. The Bertz CT molecular complexity index is 1170. The molecule has 3 rings (SSSR count). The maximum Gasteiger partial charge on any atom is 0.303 e. The minimum Gasteiger partial charge on any atom is -0.481 e. The summed E-state index contributed by atoms with van der Waals surface area (Å²) in [5.41, 5.74) is 8.82. The van der Waals surface area contributed by atoms with Gasteiger partial charge in [0, 0.05) is 42.3 Å². The number of Topliss-reactive ketones (excluding diaryl/α,β-unsaturated/α-hetero) is 1. The number of carboxylic acid groups (broad SMARTS) is 1. The topological polar surface area (TPSA) is 132 Å². The second kappa shape index (κ2) is 13.8. The summed E-state index contributed by atoms with van der Waals surface area (Å²) in [7, 11) is -0.803. The standard InChI is InChI=1S/C27H27N4O4P/c28-31-30-18-17-29-27(35)21(13-16-26(33)34)19-25(32)20-11-14-24(15-12-20)36(22-7-3-1-4-8-22)23-9-5-2-6-10-23/h1-12,14-15,21H,13,16-19H2,(H,29,35)(H,33,34)/t21-/m1/s1. The second-order valence-corrected chi connectivity index (χ2v) is 10.3. The highest BCUT2D eigenvalue weighted by Gasteiger charge is 2.24. The van der Waals surface area contributed by atoms with E-state index < -0.39 is 25.7 Å². The Morgan fingerprint density at radius 2 is 1.44 bits per heavy atom. The molecular weight excluding hydrogens is 475 g/mol. The predicted octanol–water partition coefficient (Wildman–Crippen LogP) is 3.93. The average molecular weight is 503 g/mol. The van der Waals surface area contributed by atoms with E-state index in [1.54, 1.807) is 12.1 Å². The van der Waals surface area contributed by atoms with Crippen molar-refractivity contribution in [1.82, 2.24) is 5.32 Å². The maximum atomic E-state index is 13.0. The molecule has 0 aliphatic carbocycles. The van der Waals surface area contributed by atoms with Crippen LogP contribution in [0.1, 0.15) is 29.6 Å². The summed E-state index contributed by atoms with van der Waals surface area (Å²) in [6.45, 7) is 0.201. The van der Waals surface area contributed by atoms with Gasteiger partial charge in [0.25, 0.3) is 0 Å². The van der Waals surface area contributed by atoms with Crippen molar-refractivity contribution in [2.45, 2.75) is 19.3 Å². The number of hydrogen-bond acceptors (Lipinski definition) is 4. The highest BCUT2D eigenvalue weighted by Crippen LogP contribution is 2.32. The molecule has 9 heteroatoms. The molecule has 184 valence electrons. The van der Waals surface area contributed by atoms with Gasteiger partial charge < -0.3 is 10.4 Å². The summed E-state index contributed by atoms with van der Waals surface area (Å²) in [4.78, 5) is 39.2. The molecule has 36 heavy (non-hydrogen) atoms. The van der Waals surface area contributed by atoms with Gasteiger partial charge in [0.05, 0.1) is 0 Å². The number of benzene rings is 3. The van der Waals surface area contributed by atoms with E-state index in [-0.39, 0.29) is 38.1 Å². The molecule has 0 bridgehead atoms. The van der Waals surface area contributed by atoms with Crippen LogP contribution in [0, 0.1) is 5.92 Å². The molecule has 2 N–H and O–H groups in total. The van der Waals surface area contributed by atoms with E-state index in [1.807, 2.05) is 48.5 Å². The molecule has 8 nitrogen and oxygen atoms in total. The lowest BCUT2D eigenvalue weighted by molar-refractivity contribution is -0.137. The molecule has 0 heterocycles. The number of carboxylic acids is 1. The Kier molecular flexibility index (Phi) is 10.2. The summed E-state index contributed by atoms with van der Waals surface area (Å²) in [5.74, 6) is -2.48. The SMILES string of the molecule is [N-]=[N+]=NCCNC(=O)[C@H](CCC(=O)O)CC(=O)c1ccc(P(c2ccccc2)c2ccccc2)cc1. The van der Waals surface area contributed by atoms with Crippen molar-refractivity contribution in [2.24, 2.45) is 11.0 Å². The molecule has 1 atom stereocenters. The molecule has 3 aromatic rings. The van der Waals surface area contributed by atoms with E-state index in [1.165, 1.54) is 10.6 Å². The lowest BCUT2D eigenvalue weighted by atomic mass is 9.93. The third-order valence-electron chi connectivity index (χ3n) is 5.56. The van der Waals surface area contributed by atoms with Crippen LogP contribution in [-0.4, -0.2) is 35.9 Å². The van der Waals surface area contributed by atoms with Crippen molar-refractivity contribution in [2.75, 3.05) is 13.1 Å². The van der Waals surface area contributed by atoms with Crippen LogP contribution in [0.25, 0.3) is 10.4 Å². The summed E-state index contributed by atoms with van der Waals surface area (Å²) >= 11 is 0.